The van der Waals surface area contributed by atoms with E-state index in [0.717, 1.165) is 12.1 Å². The molecule has 4 nitrogen and oxygen atoms in total. The summed E-state index contributed by atoms with van der Waals surface area (Å²) in [6.07, 6.45) is 1.57. The van der Waals surface area contributed by atoms with E-state index >= 15 is 0 Å². The van der Waals surface area contributed by atoms with Gasteiger partial charge in [0.15, 0.2) is 11.6 Å². The Hall–Kier alpha value is -2.50. The summed E-state index contributed by atoms with van der Waals surface area (Å²) < 4.78 is 25.8. The van der Waals surface area contributed by atoms with Crippen LogP contribution in [0.3, 0.4) is 0 Å². The van der Waals surface area contributed by atoms with Crippen molar-refractivity contribution < 1.29 is 13.6 Å². The predicted octanol–water partition coefficient (Wildman–Crippen LogP) is 2.33. The zero-order chi connectivity index (χ0) is 14.5. The summed E-state index contributed by atoms with van der Waals surface area (Å²) in [5.41, 5.74) is 0.865. The van der Waals surface area contributed by atoms with Gasteiger partial charge in [-0.2, -0.15) is 0 Å². The van der Waals surface area contributed by atoms with Gasteiger partial charge in [-0.15, -0.1) is 0 Å². The quantitative estimate of drug-likeness (QED) is 0.902. The molecular formula is C14H13F2N3O. The number of hydrogen-bond acceptors (Lipinski definition) is 3. The van der Waals surface area contributed by atoms with Gasteiger partial charge in [0.25, 0.3) is 5.91 Å². The van der Waals surface area contributed by atoms with Crippen molar-refractivity contribution in [3.63, 3.8) is 0 Å². The Morgan fingerprint density at radius 3 is 2.75 bits per heavy atom. The first kappa shape index (κ1) is 13.9. The summed E-state index contributed by atoms with van der Waals surface area (Å²) in [6, 6.07) is 6.77. The molecule has 0 aliphatic rings. The minimum absolute atomic E-state index is 0.105. The minimum Gasteiger partial charge on any atom is -0.372 e. The average Bonchev–Trinajstić information content (AvgIpc) is 2.48. The number of halogens is 2. The van der Waals surface area contributed by atoms with Crippen LogP contribution in [0.25, 0.3) is 0 Å². The first-order valence-electron chi connectivity index (χ1n) is 5.96. The maximum atomic E-state index is 13.0. The highest BCUT2D eigenvalue weighted by Crippen LogP contribution is 2.11. The SMILES string of the molecule is CNc1ncccc1C(=O)NCc1ccc(F)c(F)c1. The highest BCUT2D eigenvalue weighted by atomic mass is 19.2. The molecule has 0 aliphatic heterocycles. The fourth-order valence-corrected chi connectivity index (χ4v) is 1.71. The van der Waals surface area contributed by atoms with Gasteiger partial charge in [0, 0.05) is 19.8 Å². The van der Waals surface area contributed by atoms with Gasteiger partial charge >= 0.3 is 0 Å². The number of benzene rings is 1. The number of aromatic nitrogens is 1. The molecule has 0 saturated carbocycles. The van der Waals surface area contributed by atoms with E-state index in [1.54, 1.807) is 25.4 Å². The molecule has 0 aliphatic carbocycles. The molecule has 0 spiro atoms. The Morgan fingerprint density at radius 1 is 1.25 bits per heavy atom. The number of rotatable bonds is 4. The van der Waals surface area contributed by atoms with Crippen LogP contribution in [0.1, 0.15) is 15.9 Å². The number of pyridine rings is 1. The van der Waals surface area contributed by atoms with Gasteiger partial charge in [-0.1, -0.05) is 6.07 Å². The average molecular weight is 277 g/mol. The van der Waals surface area contributed by atoms with Crippen LogP contribution in [0.4, 0.5) is 14.6 Å². The van der Waals surface area contributed by atoms with Crippen LogP contribution in [0.15, 0.2) is 36.5 Å². The largest absolute Gasteiger partial charge is 0.372 e. The van der Waals surface area contributed by atoms with Crippen LogP contribution in [-0.2, 0) is 6.54 Å². The van der Waals surface area contributed by atoms with Crippen LogP contribution in [0.5, 0.6) is 0 Å². The molecule has 1 heterocycles. The smallest absolute Gasteiger partial charge is 0.255 e. The topological polar surface area (TPSA) is 54.0 Å². The summed E-state index contributed by atoms with van der Waals surface area (Å²) in [4.78, 5) is 16.0. The number of carbonyl (C=O) groups excluding carboxylic acids is 1. The van der Waals surface area contributed by atoms with Gasteiger partial charge in [-0.3, -0.25) is 4.79 Å². The maximum absolute atomic E-state index is 13.0. The third-order valence-corrected chi connectivity index (χ3v) is 2.73. The van der Waals surface area contributed by atoms with Crippen molar-refractivity contribution in [3.05, 3.63) is 59.3 Å². The van der Waals surface area contributed by atoms with Gasteiger partial charge < -0.3 is 10.6 Å². The van der Waals surface area contributed by atoms with E-state index < -0.39 is 11.6 Å². The molecule has 1 amide bonds. The molecule has 1 aromatic carbocycles. The molecule has 0 saturated heterocycles. The standard InChI is InChI=1S/C14H13F2N3O/c1-17-13-10(3-2-6-18-13)14(20)19-8-9-4-5-11(15)12(16)7-9/h2-7H,8H2,1H3,(H,17,18)(H,19,20). The van der Waals surface area contributed by atoms with E-state index in [4.69, 9.17) is 0 Å². The Labute approximate surface area is 114 Å². The monoisotopic (exact) mass is 277 g/mol. The second-order valence-corrected chi connectivity index (χ2v) is 4.08. The molecule has 0 radical (unpaired) electrons. The van der Waals surface area contributed by atoms with Crippen LogP contribution in [-0.4, -0.2) is 17.9 Å². The molecule has 1 aromatic heterocycles. The Bertz CT molecular complexity index is 632. The number of carbonyl (C=O) groups is 1. The van der Waals surface area contributed by atoms with Crippen LogP contribution >= 0.6 is 0 Å². The fourth-order valence-electron chi connectivity index (χ4n) is 1.71. The predicted molar refractivity (Wildman–Crippen MR) is 71.3 cm³/mol. The van der Waals surface area contributed by atoms with Crippen molar-refractivity contribution in [1.82, 2.24) is 10.3 Å². The minimum atomic E-state index is -0.936. The van der Waals surface area contributed by atoms with E-state index in [9.17, 15) is 13.6 Å². The number of nitrogens with zero attached hydrogens (tertiary/aromatic N) is 1. The summed E-state index contributed by atoms with van der Waals surface area (Å²) in [5, 5.41) is 5.44. The zero-order valence-corrected chi connectivity index (χ0v) is 10.8. The molecule has 6 heteroatoms. The van der Waals surface area contributed by atoms with E-state index in [2.05, 4.69) is 15.6 Å². The van der Waals surface area contributed by atoms with Crippen molar-refractivity contribution in [2.24, 2.45) is 0 Å². The molecule has 2 rings (SSSR count). The van der Waals surface area contributed by atoms with Gasteiger partial charge in [0.2, 0.25) is 0 Å². The first-order chi connectivity index (χ1) is 9.61. The maximum Gasteiger partial charge on any atom is 0.255 e. The summed E-state index contributed by atoms with van der Waals surface area (Å²) in [6.45, 7) is 0.105. The van der Waals surface area contributed by atoms with Gasteiger partial charge in [0.05, 0.1) is 5.56 Å². The van der Waals surface area contributed by atoms with Crippen molar-refractivity contribution in [1.29, 1.82) is 0 Å². The first-order valence-corrected chi connectivity index (χ1v) is 5.96. The highest BCUT2D eigenvalue weighted by Gasteiger charge is 2.11. The second-order valence-electron chi connectivity index (χ2n) is 4.08. The van der Waals surface area contributed by atoms with E-state index in [1.165, 1.54) is 6.07 Å². The summed E-state index contributed by atoms with van der Waals surface area (Å²) >= 11 is 0. The Kier molecular flexibility index (Phi) is 4.24. The summed E-state index contributed by atoms with van der Waals surface area (Å²) in [7, 11) is 1.66. The third kappa shape index (κ3) is 3.09. The molecule has 20 heavy (non-hydrogen) atoms. The van der Waals surface area contributed by atoms with Crippen LogP contribution in [0.2, 0.25) is 0 Å². The second kappa shape index (κ2) is 6.10. The lowest BCUT2D eigenvalue weighted by atomic mass is 10.2. The van der Waals surface area contributed by atoms with Crippen molar-refractivity contribution in [3.8, 4) is 0 Å². The van der Waals surface area contributed by atoms with E-state index in [-0.39, 0.29) is 12.5 Å². The van der Waals surface area contributed by atoms with Crippen LogP contribution in [0, 0.1) is 11.6 Å². The van der Waals surface area contributed by atoms with Crippen LogP contribution < -0.4 is 10.6 Å². The molecule has 0 fully saturated rings. The number of anilines is 1. The fraction of sp³-hybridized carbons (Fsp3) is 0.143. The van der Waals surface area contributed by atoms with Crippen molar-refractivity contribution in [2.75, 3.05) is 12.4 Å². The summed E-state index contributed by atoms with van der Waals surface area (Å²) in [5.74, 6) is -1.73. The molecular weight excluding hydrogens is 264 g/mol. The van der Waals surface area contributed by atoms with E-state index in [1.807, 2.05) is 0 Å². The lowest BCUT2D eigenvalue weighted by molar-refractivity contribution is 0.0951. The van der Waals surface area contributed by atoms with E-state index in [0.29, 0.717) is 16.9 Å². The lowest BCUT2D eigenvalue weighted by Crippen LogP contribution is -2.24. The zero-order valence-electron chi connectivity index (χ0n) is 10.8. The number of amides is 1. The number of hydrogen-bond donors (Lipinski definition) is 2. The molecule has 0 atom stereocenters. The van der Waals surface area contributed by atoms with Gasteiger partial charge in [-0.05, 0) is 29.8 Å². The highest BCUT2D eigenvalue weighted by molar-refractivity contribution is 5.98. The van der Waals surface area contributed by atoms with Gasteiger partial charge in [-0.25, -0.2) is 13.8 Å². The molecule has 0 unspecified atom stereocenters. The molecule has 0 bridgehead atoms. The third-order valence-electron chi connectivity index (χ3n) is 2.73. The van der Waals surface area contributed by atoms with Gasteiger partial charge in [0.1, 0.15) is 5.82 Å². The van der Waals surface area contributed by atoms with Crippen molar-refractivity contribution in [2.45, 2.75) is 6.54 Å². The molecule has 2 N–H and O–H groups in total. The Balaban J connectivity index is 2.06. The lowest BCUT2D eigenvalue weighted by Gasteiger charge is -2.09. The molecule has 104 valence electrons. The molecule has 2 aromatic rings. The normalized spacial score (nSPS) is 10.2. The Morgan fingerprint density at radius 2 is 2.05 bits per heavy atom. The number of nitrogens with one attached hydrogen (secondary N) is 2. The van der Waals surface area contributed by atoms with Crippen molar-refractivity contribution >= 4 is 11.7 Å².